The van der Waals surface area contributed by atoms with E-state index in [0.717, 1.165) is 19.1 Å². The number of aldehydes is 1. The first-order valence-corrected chi connectivity index (χ1v) is 7.78. The zero-order valence-electron chi connectivity index (χ0n) is 13.2. The number of carbonyl (C=O) groups excluding carboxylic acids is 2. The van der Waals surface area contributed by atoms with Crippen molar-refractivity contribution in [3.63, 3.8) is 0 Å². The summed E-state index contributed by atoms with van der Waals surface area (Å²) in [6.45, 7) is 5.27. The highest BCUT2D eigenvalue weighted by Crippen LogP contribution is 2.43. The quantitative estimate of drug-likeness (QED) is 0.674. The van der Waals surface area contributed by atoms with Crippen LogP contribution in [-0.4, -0.2) is 29.3 Å². The van der Waals surface area contributed by atoms with Crippen LogP contribution in [-0.2, 0) is 14.4 Å². The molecule has 0 aromatic heterocycles. The van der Waals surface area contributed by atoms with Gasteiger partial charge in [0.25, 0.3) is 0 Å². The number of aliphatic carboxylic acids is 1. The zero-order valence-corrected chi connectivity index (χ0v) is 13.2. The van der Waals surface area contributed by atoms with Crippen LogP contribution >= 0.6 is 0 Å². The predicted octanol–water partition coefficient (Wildman–Crippen LogP) is 2.39. The molecule has 120 valence electrons. The molecule has 1 rings (SSSR count). The maximum atomic E-state index is 11.5. The molecule has 0 spiro atoms. The summed E-state index contributed by atoms with van der Waals surface area (Å²) in [6, 6.07) is -0.0953. The summed E-state index contributed by atoms with van der Waals surface area (Å²) in [6.07, 6.45) is 5.36. The number of rotatable bonds is 8. The molecule has 0 saturated heterocycles. The molecule has 0 aromatic rings. The lowest BCUT2D eigenvalue weighted by Crippen LogP contribution is -2.39. The lowest BCUT2D eigenvalue weighted by Gasteiger charge is -2.29. The SMILES string of the molecule is CC(=O)NC(C)[C@@H](C)[C@@H](C=O)CCC1(C(=O)O)CCCC1. The Morgan fingerprint density at radius 1 is 1.29 bits per heavy atom. The van der Waals surface area contributed by atoms with Crippen molar-refractivity contribution in [3.05, 3.63) is 0 Å². The smallest absolute Gasteiger partial charge is 0.309 e. The van der Waals surface area contributed by atoms with Gasteiger partial charge in [0.2, 0.25) is 5.91 Å². The molecule has 2 N–H and O–H groups in total. The average molecular weight is 297 g/mol. The van der Waals surface area contributed by atoms with E-state index in [9.17, 15) is 19.5 Å². The molecule has 0 heterocycles. The third kappa shape index (κ3) is 4.55. The lowest BCUT2D eigenvalue weighted by atomic mass is 9.76. The Morgan fingerprint density at radius 2 is 1.86 bits per heavy atom. The molecule has 1 saturated carbocycles. The zero-order chi connectivity index (χ0) is 16.0. The first-order chi connectivity index (χ1) is 9.82. The normalized spacial score (nSPS) is 21.3. The van der Waals surface area contributed by atoms with Gasteiger partial charge in [-0.25, -0.2) is 0 Å². The van der Waals surface area contributed by atoms with Gasteiger partial charge < -0.3 is 15.2 Å². The molecule has 1 aliphatic carbocycles. The number of amides is 1. The van der Waals surface area contributed by atoms with Crippen molar-refractivity contribution in [2.24, 2.45) is 17.3 Å². The summed E-state index contributed by atoms with van der Waals surface area (Å²) >= 11 is 0. The summed E-state index contributed by atoms with van der Waals surface area (Å²) < 4.78 is 0. The fraction of sp³-hybridized carbons (Fsp3) is 0.812. The van der Waals surface area contributed by atoms with Gasteiger partial charge >= 0.3 is 5.97 Å². The van der Waals surface area contributed by atoms with Gasteiger partial charge in [0, 0.05) is 18.9 Å². The van der Waals surface area contributed by atoms with E-state index in [1.54, 1.807) is 0 Å². The second-order valence-electron chi connectivity index (χ2n) is 6.48. The van der Waals surface area contributed by atoms with Crippen molar-refractivity contribution in [1.82, 2.24) is 5.32 Å². The summed E-state index contributed by atoms with van der Waals surface area (Å²) in [5.41, 5.74) is -0.641. The van der Waals surface area contributed by atoms with Gasteiger partial charge in [-0.15, -0.1) is 0 Å². The minimum Gasteiger partial charge on any atom is -0.481 e. The Labute approximate surface area is 126 Å². The van der Waals surface area contributed by atoms with Crippen LogP contribution in [0.4, 0.5) is 0 Å². The van der Waals surface area contributed by atoms with Crippen molar-refractivity contribution in [2.75, 3.05) is 0 Å². The van der Waals surface area contributed by atoms with Gasteiger partial charge in [-0.05, 0) is 38.5 Å². The van der Waals surface area contributed by atoms with Crippen molar-refractivity contribution in [3.8, 4) is 0 Å². The molecule has 5 heteroatoms. The third-order valence-electron chi connectivity index (χ3n) is 5.04. The van der Waals surface area contributed by atoms with Crippen LogP contribution < -0.4 is 5.32 Å². The molecule has 0 radical (unpaired) electrons. The van der Waals surface area contributed by atoms with Gasteiger partial charge in [-0.2, -0.15) is 0 Å². The molecule has 0 aromatic carbocycles. The number of carbonyl (C=O) groups is 3. The average Bonchev–Trinajstić information content (AvgIpc) is 2.88. The summed E-state index contributed by atoms with van der Waals surface area (Å²) in [5, 5.41) is 12.3. The molecule has 1 fully saturated rings. The largest absolute Gasteiger partial charge is 0.481 e. The number of hydrogen-bond acceptors (Lipinski definition) is 3. The topological polar surface area (TPSA) is 83.5 Å². The number of hydrogen-bond donors (Lipinski definition) is 2. The second kappa shape index (κ2) is 7.57. The minimum atomic E-state index is -0.729. The highest BCUT2D eigenvalue weighted by atomic mass is 16.4. The van der Waals surface area contributed by atoms with Gasteiger partial charge in [0.15, 0.2) is 0 Å². The summed E-state index contributed by atoms with van der Waals surface area (Å²) in [5.74, 6) is -1.06. The van der Waals surface area contributed by atoms with E-state index in [4.69, 9.17) is 0 Å². The van der Waals surface area contributed by atoms with E-state index in [1.165, 1.54) is 6.92 Å². The van der Waals surface area contributed by atoms with Gasteiger partial charge in [-0.3, -0.25) is 9.59 Å². The summed E-state index contributed by atoms with van der Waals surface area (Å²) in [4.78, 5) is 34.0. The van der Waals surface area contributed by atoms with Crippen LogP contribution in [0, 0.1) is 17.3 Å². The predicted molar refractivity (Wildman–Crippen MR) is 79.8 cm³/mol. The molecule has 5 nitrogen and oxygen atoms in total. The van der Waals surface area contributed by atoms with E-state index >= 15 is 0 Å². The maximum absolute atomic E-state index is 11.5. The minimum absolute atomic E-state index is 0.00125. The molecular weight excluding hydrogens is 270 g/mol. The molecular formula is C16H27NO4. The second-order valence-corrected chi connectivity index (χ2v) is 6.48. The lowest BCUT2D eigenvalue weighted by molar-refractivity contribution is -0.149. The van der Waals surface area contributed by atoms with Gasteiger partial charge in [0.05, 0.1) is 5.41 Å². The van der Waals surface area contributed by atoms with E-state index in [2.05, 4.69) is 5.32 Å². The molecule has 1 aliphatic rings. The maximum Gasteiger partial charge on any atom is 0.309 e. The Morgan fingerprint density at radius 3 is 2.29 bits per heavy atom. The fourth-order valence-electron chi connectivity index (χ4n) is 3.34. The number of carboxylic acids is 1. The first kappa shape index (κ1) is 17.7. The Hall–Kier alpha value is -1.39. The number of nitrogens with one attached hydrogen (secondary N) is 1. The van der Waals surface area contributed by atoms with Crippen molar-refractivity contribution >= 4 is 18.2 Å². The Kier molecular flexibility index (Phi) is 6.37. The van der Waals surface area contributed by atoms with Crippen molar-refractivity contribution < 1.29 is 19.5 Å². The number of carboxylic acid groups (broad SMARTS) is 1. The van der Waals surface area contributed by atoms with E-state index in [-0.39, 0.29) is 23.8 Å². The highest BCUT2D eigenvalue weighted by Gasteiger charge is 2.41. The van der Waals surface area contributed by atoms with Crippen LogP contribution in [0.1, 0.15) is 59.3 Å². The van der Waals surface area contributed by atoms with Crippen LogP contribution in [0.3, 0.4) is 0 Å². The molecule has 3 atom stereocenters. The van der Waals surface area contributed by atoms with Crippen LogP contribution in [0.2, 0.25) is 0 Å². The Balaban J connectivity index is 2.63. The third-order valence-corrected chi connectivity index (χ3v) is 5.04. The standard InChI is InChI=1S/C16H27NO4/c1-11(12(2)17-13(3)19)14(10-18)6-9-16(15(20)21)7-4-5-8-16/h10-12,14H,4-9H2,1-3H3,(H,17,19)(H,20,21)/t11-,12?,14-/m1/s1. The van der Waals surface area contributed by atoms with E-state index in [0.29, 0.717) is 25.7 Å². The molecule has 0 bridgehead atoms. The van der Waals surface area contributed by atoms with Crippen molar-refractivity contribution in [1.29, 1.82) is 0 Å². The first-order valence-electron chi connectivity index (χ1n) is 7.78. The van der Waals surface area contributed by atoms with Gasteiger partial charge in [0.1, 0.15) is 6.29 Å². The van der Waals surface area contributed by atoms with E-state index in [1.807, 2.05) is 13.8 Å². The molecule has 1 amide bonds. The van der Waals surface area contributed by atoms with Gasteiger partial charge in [-0.1, -0.05) is 19.8 Å². The molecule has 21 heavy (non-hydrogen) atoms. The molecule has 0 aliphatic heterocycles. The summed E-state index contributed by atoms with van der Waals surface area (Å²) in [7, 11) is 0. The van der Waals surface area contributed by atoms with Crippen LogP contribution in [0.5, 0.6) is 0 Å². The van der Waals surface area contributed by atoms with E-state index < -0.39 is 11.4 Å². The fourth-order valence-corrected chi connectivity index (χ4v) is 3.34. The van der Waals surface area contributed by atoms with Crippen molar-refractivity contribution in [2.45, 2.75) is 65.3 Å². The monoisotopic (exact) mass is 297 g/mol. The van der Waals surface area contributed by atoms with Crippen LogP contribution in [0.25, 0.3) is 0 Å². The Bertz CT molecular complexity index is 388. The van der Waals surface area contributed by atoms with Crippen LogP contribution in [0.15, 0.2) is 0 Å². The highest BCUT2D eigenvalue weighted by molar-refractivity contribution is 5.75. The molecule has 1 unspecified atom stereocenters.